The van der Waals surface area contributed by atoms with Crippen LogP contribution >= 0.6 is 0 Å². The number of benzene rings is 1. The standard InChI is InChI=1S/C11H12O5S2/c1-9-2-4-11(5-3-9)18(14,15)16-10-6-7-17(12,13)8-10/h2-7,10H,8H2,1H3/t10-/m0/s1. The lowest BCUT2D eigenvalue weighted by Gasteiger charge is -2.09. The first-order chi connectivity index (χ1) is 8.28. The van der Waals surface area contributed by atoms with Crippen LogP contribution in [0.1, 0.15) is 5.56 Å². The molecule has 1 heterocycles. The Morgan fingerprint density at radius 1 is 1.22 bits per heavy atom. The topological polar surface area (TPSA) is 77.5 Å². The van der Waals surface area contributed by atoms with Gasteiger partial charge in [-0.3, -0.25) is 4.18 Å². The highest BCUT2D eigenvalue weighted by Crippen LogP contribution is 2.19. The van der Waals surface area contributed by atoms with Gasteiger partial charge in [-0.15, -0.1) is 0 Å². The molecule has 0 N–H and O–H groups in total. The van der Waals surface area contributed by atoms with Gasteiger partial charge in [0.05, 0.1) is 10.6 Å². The molecule has 0 saturated carbocycles. The Kier molecular flexibility index (Phi) is 3.31. The Morgan fingerprint density at radius 2 is 1.83 bits per heavy atom. The van der Waals surface area contributed by atoms with Gasteiger partial charge in [-0.2, -0.15) is 8.42 Å². The maximum Gasteiger partial charge on any atom is 0.297 e. The van der Waals surface area contributed by atoms with Crippen molar-refractivity contribution in [3.8, 4) is 0 Å². The lowest BCUT2D eigenvalue weighted by atomic mass is 10.2. The molecule has 2 rings (SSSR count). The van der Waals surface area contributed by atoms with Gasteiger partial charge in [-0.1, -0.05) is 17.7 Å². The van der Waals surface area contributed by atoms with Gasteiger partial charge in [0, 0.05) is 5.41 Å². The van der Waals surface area contributed by atoms with E-state index in [1.54, 1.807) is 12.1 Å². The van der Waals surface area contributed by atoms with Crippen molar-refractivity contribution in [2.24, 2.45) is 0 Å². The molecule has 1 aliphatic heterocycles. The summed E-state index contributed by atoms with van der Waals surface area (Å²) in [4.78, 5) is 0.0193. The van der Waals surface area contributed by atoms with Crippen molar-refractivity contribution in [2.75, 3.05) is 5.75 Å². The average Bonchev–Trinajstić information content (AvgIpc) is 2.57. The van der Waals surface area contributed by atoms with E-state index in [1.165, 1.54) is 18.2 Å². The van der Waals surface area contributed by atoms with Crippen molar-refractivity contribution in [3.63, 3.8) is 0 Å². The molecule has 1 atom stereocenters. The summed E-state index contributed by atoms with van der Waals surface area (Å²) in [7, 11) is -7.25. The van der Waals surface area contributed by atoms with Crippen LogP contribution in [0, 0.1) is 6.92 Å². The molecular weight excluding hydrogens is 276 g/mol. The van der Waals surface area contributed by atoms with Crippen LogP contribution < -0.4 is 0 Å². The van der Waals surface area contributed by atoms with E-state index in [2.05, 4.69) is 0 Å². The summed E-state index contributed by atoms with van der Waals surface area (Å²) in [6, 6.07) is 6.16. The van der Waals surface area contributed by atoms with Crippen LogP contribution in [0.25, 0.3) is 0 Å². The maximum atomic E-state index is 11.9. The average molecular weight is 288 g/mol. The van der Waals surface area contributed by atoms with E-state index >= 15 is 0 Å². The van der Waals surface area contributed by atoms with E-state index in [9.17, 15) is 16.8 Å². The van der Waals surface area contributed by atoms with Gasteiger partial charge in [0.2, 0.25) is 0 Å². The van der Waals surface area contributed by atoms with Crippen LogP contribution in [0.4, 0.5) is 0 Å². The monoisotopic (exact) mass is 288 g/mol. The minimum atomic E-state index is -3.93. The van der Waals surface area contributed by atoms with Gasteiger partial charge < -0.3 is 0 Å². The van der Waals surface area contributed by atoms with E-state index in [4.69, 9.17) is 4.18 Å². The Balaban J connectivity index is 2.19. The summed E-state index contributed by atoms with van der Waals surface area (Å²) >= 11 is 0. The van der Waals surface area contributed by atoms with Crippen molar-refractivity contribution in [1.82, 2.24) is 0 Å². The van der Waals surface area contributed by atoms with Gasteiger partial charge >= 0.3 is 0 Å². The van der Waals surface area contributed by atoms with E-state index in [-0.39, 0.29) is 10.6 Å². The summed E-state index contributed by atoms with van der Waals surface area (Å²) in [6.45, 7) is 1.84. The van der Waals surface area contributed by atoms with Crippen molar-refractivity contribution in [2.45, 2.75) is 17.9 Å². The van der Waals surface area contributed by atoms with Crippen LogP contribution in [-0.2, 0) is 24.1 Å². The molecule has 0 fully saturated rings. The zero-order valence-electron chi connectivity index (χ0n) is 9.61. The summed E-state index contributed by atoms with van der Waals surface area (Å²) in [5.41, 5.74) is 0.928. The third-order valence-corrected chi connectivity index (χ3v) is 5.17. The van der Waals surface area contributed by atoms with E-state index in [1.807, 2.05) is 6.92 Å². The molecule has 0 bridgehead atoms. The van der Waals surface area contributed by atoms with Gasteiger partial charge in [0.15, 0.2) is 9.84 Å². The molecule has 0 amide bonds. The van der Waals surface area contributed by atoms with Crippen LogP contribution in [0.5, 0.6) is 0 Å². The predicted octanol–water partition coefficient (Wildman–Crippen LogP) is 1.01. The number of sulfone groups is 1. The highest BCUT2D eigenvalue weighted by Gasteiger charge is 2.28. The first kappa shape index (κ1) is 13.3. The minimum Gasteiger partial charge on any atom is -0.258 e. The molecule has 0 saturated heterocycles. The molecule has 0 unspecified atom stereocenters. The Labute approximate surface area is 106 Å². The number of rotatable bonds is 3. The molecule has 7 heteroatoms. The van der Waals surface area contributed by atoms with Crippen LogP contribution in [0.3, 0.4) is 0 Å². The Bertz CT molecular complexity index is 669. The fourth-order valence-electron chi connectivity index (χ4n) is 1.53. The lowest BCUT2D eigenvalue weighted by Crippen LogP contribution is -2.20. The maximum absolute atomic E-state index is 11.9. The lowest BCUT2D eigenvalue weighted by molar-refractivity contribution is 0.279. The van der Waals surface area contributed by atoms with Gasteiger partial charge in [0.1, 0.15) is 6.10 Å². The fourth-order valence-corrected chi connectivity index (χ4v) is 3.82. The number of aryl methyl sites for hydroxylation is 1. The van der Waals surface area contributed by atoms with Crippen molar-refractivity contribution in [3.05, 3.63) is 41.3 Å². The van der Waals surface area contributed by atoms with E-state index in [0.29, 0.717) is 0 Å². The highest BCUT2D eigenvalue weighted by molar-refractivity contribution is 7.94. The van der Waals surface area contributed by atoms with Crippen LogP contribution in [0.2, 0.25) is 0 Å². The molecule has 1 aromatic carbocycles. The Hall–Kier alpha value is -1.18. The summed E-state index contributed by atoms with van der Waals surface area (Å²) in [5, 5.41) is 0.975. The number of hydrogen-bond acceptors (Lipinski definition) is 5. The molecule has 1 aliphatic rings. The molecule has 98 valence electrons. The van der Waals surface area contributed by atoms with E-state index < -0.39 is 26.1 Å². The third-order valence-electron chi connectivity index (χ3n) is 2.46. The Morgan fingerprint density at radius 3 is 2.33 bits per heavy atom. The van der Waals surface area contributed by atoms with Crippen molar-refractivity contribution >= 4 is 20.0 Å². The summed E-state index contributed by atoms with van der Waals surface area (Å²) in [6.07, 6.45) is 0.294. The highest BCUT2D eigenvalue weighted by atomic mass is 32.2. The molecule has 0 aliphatic carbocycles. The first-order valence-corrected chi connectivity index (χ1v) is 8.32. The molecular formula is C11H12O5S2. The second-order valence-electron chi connectivity index (χ2n) is 4.06. The second-order valence-corrected chi connectivity index (χ2v) is 7.56. The molecule has 5 nitrogen and oxygen atoms in total. The minimum absolute atomic E-state index is 0.0193. The van der Waals surface area contributed by atoms with E-state index in [0.717, 1.165) is 11.0 Å². The first-order valence-electron chi connectivity index (χ1n) is 5.19. The fraction of sp³-hybridized carbons (Fsp3) is 0.273. The molecule has 18 heavy (non-hydrogen) atoms. The molecule has 1 aromatic rings. The quantitative estimate of drug-likeness (QED) is 0.776. The normalized spacial score (nSPS) is 22.2. The zero-order valence-corrected chi connectivity index (χ0v) is 11.2. The summed E-state index contributed by atoms with van der Waals surface area (Å²) < 4.78 is 50.9. The van der Waals surface area contributed by atoms with Gasteiger partial charge in [0.25, 0.3) is 10.1 Å². The SMILES string of the molecule is Cc1ccc(S(=O)(=O)O[C@H]2C=CS(=O)(=O)C2)cc1. The summed E-state index contributed by atoms with van der Waals surface area (Å²) in [5.74, 6) is -0.335. The molecule has 0 radical (unpaired) electrons. The largest absolute Gasteiger partial charge is 0.297 e. The molecule has 0 aromatic heterocycles. The van der Waals surface area contributed by atoms with Crippen LogP contribution in [0.15, 0.2) is 40.6 Å². The number of hydrogen-bond donors (Lipinski definition) is 0. The van der Waals surface area contributed by atoms with Crippen molar-refractivity contribution in [1.29, 1.82) is 0 Å². The smallest absolute Gasteiger partial charge is 0.258 e. The van der Waals surface area contributed by atoms with Gasteiger partial charge in [-0.25, -0.2) is 8.42 Å². The molecule has 0 spiro atoms. The van der Waals surface area contributed by atoms with Crippen molar-refractivity contribution < 1.29 is 21.0 Å². The third kappa shape index (κ3) is 2.98. The van der Waals surface area contributed by atoms with Gasteiger partial charge in [-0.05, 0) is 25.1 Å². The van der Waals surface area contributed by atoms with Crippen LogP contribution in [-0.4, -0.2) is 28.7 Å². The predicted molar refractivity (Wildman–Crippen MR) is 66.2 cm³/mol. The zero-order chi connectivity index (χ0) is 13.4. The second kappa shape index (κ2) is 4.49.